The number of carboxylic acid groups (broad SMARTS) is 1. The standard InChI is InChI=1S/C8H8N2O3/c1-13-10-7(8(11)12)6-4-2-3-5-9-6/h2-5H,1H3,(H,11,12). The zero-order chi connectivity index (χ0) is 9.68. The molecule has 1 heterocycles. The predicted molar refractivity (Wildman–Crippen MR) is 45.4 cm³/mol. The number of hydrogen-bond donors (Lipinski definition) is 1. The van der Waals surface area contributed by atoms with Crippen molar-refractivity contribution in [2.45, 2.75) is 0 Å². The number of aromatic nitrogens is 1. The summed E-state index contributed by atoms with van der Waals surface area (Å²) >= 11 is 0. The molecule has 0 aliphatic rings. The van der Waals surface area contributed by atoms with Crippen molar-refractivity contribution in [2.75, 3.05) is 7.11 Å². The highest BCUT2D eigenvalue weighted by molar-refractivity contribution is 6.41. The van der Waals surface area contributed by atoms with Crippen LogP contribution >= 0.6 is 0 Å². The van der Waals surface area contributed by atoms with E-state index in [2.05, 4.69) is 15.0 Å². The Morgan fingerprint density at radius 2 is 2.38 bits per heavy atom. The van der Waals surface area contributed by atoms with Gasteiger partial charge in [0.15, 0.2) is 0 Å². The molecule has 1 N–H and O–H groups in total. The first-order chi connectivity index (χ1) is 6.25. The molecule has 0 saturated carbocycles. The van der Waals surface area contributed by atoms with Crippen LogP contribution in [0.25, 0.3) is 0 Å². The van der Waals surface area contributed by atoms with Gasteiger partial charge in [-0.2, -0.15) is 0 Å². The number of aliphatic carboxylic acids is 1. The molecule has 0 bridgehead atoms. The molecule has 0 aliphatic carbocycles. The minimum atomic E-state index is -1.17. The molecule has 1 aromatic heterocycles. The fourth-order valence-electron chi connectivity index (χ4n) is 0.789. The second kappa shape index (κ2) is 4.20. The van der Waals surface area contributed by atoms with Gasteiger partial charge in [-0.1, -0.05) is 11.2 Å². The van der Waals surface area contributed by atoms with Crippen LogP contribution < -0.4 is 0 Å². The second-order valence-corrected chi connectivity index (χ2v) is 2.14. The molecule has 0 aliphatic heterocycles. The van der Waals surface area contributed by atoms with E-state index in [1.807, 2.05) is 0 Å². The Balaban J connectivity index is 3.03. The Hall–Kier alpha value is -1.91. The third-order valence-corrected chi connectivity index (χ3v) is 1.29. The summed E-state index contributed by atoms with van der Waals surface area (Å²) < 4.78 is 0. The number of pyridine rings is 1. The van der Waals surface area contributed by atoms with Crippen molar-refractivity contribution in [3.8, 4) is 0 Å². The first-order valence-corrected chi connectivity index (χ1v) is 3.51. The van der Waals surface area contributed by atoms with Crippen LogP contribution in [0.1, 0.15) is 5.69 Å². The summed E-state index contributed by atoms with van der Waals surface area (Å²) in [6.45, 7) is 0. The van der Waals surface area contributed by atoms with E-state index < -0.39 is 5.97 Å². The maximum absolute atomic E-state index is 10.6. The van der Waals surface area contributed by atoms with Gasteiger partial charge in [0, 0.05) is 6.20 Å². The van der Waals surface area contributed by atoms with Crippen LogP contribution in [0.4, 0.5) is 0 Å². The van der Waals surface area contributed by atoms with Gasteiger partial charge in [0.25, 0.3) is 0 Å². The summed E-state index contributed by atoms with van der Waals surface area (Å²) in [6.07, 6.45) is 1.49. The molecule has 0 fully saturated rings. The van der Waals surface area contributed by atoms with Crippen molar-refractivity contribution >= 4 is 11.7 Å². The normalized spacial score (nSPS) is 11.0. The maximum atomic E-state index is 10.6. The van der Waals surface area contributed by atoms with E-state index in [1.165, 1.54) is 13.3 Å². The van der Waals surface area contributed by atoms with E-state index in [4.69, 9.17) is 5.11 Å². The lowest BCUT2D eigenvalue weighted by Gasteiger charge is -1.97. The van der Waals surface area contributed by atoms with Crippen molar-refractivity contribution in [1.82, 2.24) is 4.98 Å². The lowest BCUT2D eigenvalue weighted by Crippen LogP contribution is -2.16. The van der Waals surface area contributed by atoms with E-state index >= 15 is 0 Å². The lowest BCUT2D eigenvalue weighted by molar-refractivity contribution is -0.129. The number of carbonyl (C=O) groups is 1. The molecule has 0 saturated heterocycles. The van der Waals surface area contributed by atoms with Crippen LogP contribution in [-0.2, 0) is 9.63 Å². The molecule has 0 atom stereocenters. The van der Waals surface area contributed by atoms with Gasteiger partial charge in [-0.05, 0) is 12.1 Å². The van der Waals surface area contributed by atoms with Crippen molar-refractivity contribution < 1.29 is 14.7 Å². The molecule has 5 heteroatoms. The largest absolute Gasteiger partial charge is 0.476 e. The monoisotopic (exact) mass is 180 g/mol. The average Bonchev–Trinajstić information content (AvgIpc) is 2.15. The van der Waals surface area contributed by atoms with Crippen LogP contribution in [0.15, 0.2) is 29.6 Å². The topological polar surface area (TPSA) is 71.8 Å². The molecule has 0 amide bonds. The molecule has 68 valence electrons. The van der Waals surface area contributed by atoms with Crippen molar-refractivity contribution in [1.29, 1.82) is 0 Å². The van der Waals surface area contributed by atoms with E-state index in [9.17, 15) is 4.79 Å². The number of hydrogen-bond acceptors (Lipinski definition) is 4. The number of oxime groups is 1. The maximum Gasteiger partial charge on any atom is 0.360 e. The molecular formula is C8H8N2O3. The Kier molecular flexibility index (Phi) is 2.97. The van der Waals surface area contributed by atoms with Crippen molar-refractivity contribution in [3.63, 3.8) is 0 Å². The summed E-state index contributed by atoms with van der Waals surface area (Å²) in [4.78, 5) is 18.9. The summed E-state index contributed by atoms with van der Waals surface area (Å²) in [5.41, 5.74) is 0.0694. The first-order valence-electron chi connectivity index (χ1n) is 3.51. The average molecular weight is 180 g/mol. The molecular weight excluding hydrogens is 172 g/mol. The Bertz CT molecular complexity index is 321. The minimum absolute atomic E-state index is 0.205. The zero-order valence-electron chi connectivity index (χ0n) is 6.97. The van der Waals surface area contributed by atoms with E-state index in [-0.39, 0.29) is 11.4 Å². The SMILES string of the molecule is CON=C(C(=O)O)c1ccccn1. The van der Waals surface area contributed by atoms with Gasteiger partial charge in [-0.3, -0.25) is 4.98 Å². The Labute approximate surface area is 74.7 Å². The predicted octanol–water partition coefficient (Wildman–Crippen LogP) is 0.517. The van der Waals surface area contributed by atoms with E-state index in [0.717, 1.165) is 0 Å². The van der Waals surface area contributed by atoms with E-state index in [1.54, 1.807) is 18.2 Å². The van der Waals surface area contributed by atoms with Crippen molar-refractivity contribution in [3.05, 3.63) is 30.1 Å². The molecule has 13 heavy (non-hydrogen) atoms. The van der Waals surface area contributed by atoms with E-state index in [0.29, 0.717) is 0 Å². The highest BCUT2D eigenvalue weighted by Gasteiger charge is 2.13. The second-order valence-electron chi connectivity index (χ2n) is 2.14. The fourth-order valence-corrected chi connectivity index (χ4v) is 0.789. The van der Waals surface area contributed by atoms with Gasteiger partial charge in [0.2, 0.25) is 5.71 Å². The van der Waals surface area contributed by atoms with Crippen LogP contribution in [0.3, 0.4) is 0 Å². The van der Waals surface area contributed by atoms with Gasteiger partial charge < -0.3 is 9.94 Å². The van der Waals surface area contributed by atoms with Crippen LogP contribution in [0, 0.1) is 0 Å². The highest BCUT2D eigenvalue weighted by atomic mass is 16.6. The smallest absolute Gasteiger partial charge is 0.360 e. The highest BCUT2D eigenvalue weighted by Crippen LogP contribution is 1.97. The third kappa shape index (κ3) is 2.26. The number of rotatable bonds is 3. The van der Waals surface area contributed by atoms with Crippen molar-refractivity contribution in [2.24, 2.45) is 5.16 Å². The molecule has 1 aromatic rings. The fraction of sp³-hybridized carbons (Fsp3) is 0.125. The van der Waals surface area contributed by atoms with Crippen LogP contribution in [0.2, 0.25) is 0 Å². The number of carboxylic acids is 1. The Morgan fingerprint density at radius 3 is 2.85 bits per heavy atom. The minimum Gasteiger partial charge on any atom is -0.476 e. The number of nitrogens with zero attached hydrogens (tertiary/aromatic N) is 2. The summed E-state index contributed by atoms with van der Waals surface area (Å²) in [5, 5.41) is 12.1. The van der Waals surface area contributed by atoms with Crippen LogP contribution in [-0.4, -0.2) is 28.9 Å². The quantitative estimate of drug-likeness (QED) is 0.543. The molecule has 0 spiro atoms. The Morgan fingerprint density at radius 1 is 1.62 bits per heavy atom. The van der Waals surface area contributed by atoms with Crippen LogP contribution in [0.5, 0.6) is 0 Å². The molecule has 5 nitrogen and oxygen atoms in total. The zero-order valence-corrected chi connectivity index (χ0v) is 6.97. The first kappa shape index (κ1) is 9.18. The molecule has 0 radical (unpaired) electrons. The van der Waals surface area contributed by atoms with Gasteiger partial charge in [-0.25, -0.2) is 4.79 Å². The third-order valence-electron chi connectivity index (χ3n) is 1.29. The van der Waals surface area contributed by atoms with Gasteiger partial charge in [-0.15, -0.1) is 0 Å². The van der Waals surface area contributed by atoms with Gasteiger partial charge in [0.1, 0.15) is 7.11 Å². The molecule has 0 aromatic carbocycles. The summed E-state index contributed by atoms with van der Waals surface area (Å²) in [6, 6.07) is 4.91. The lowest BCUT2D eigenvalue weighted by atomic mass is 10.2. The molecule has 1 rings (SSSR count). The summed E-state index contributed by atoms with van der Waals surface area (Å²) in [7, 11) is 1.28. The summed E-state index contributed by atoms with van der Waals surface area (Å²) in [5.74, 6) is -1.17. The van der Waals surface area contributed by atoms with Gasteiger partial charge in [0.05, 0.1) is 5.69 Å². The van der Waals surface area contributed by atoms with Gasteiger partial charge >= 0.3 is 5.97 Å². The molecule has 0 unspecified atom stereocenters.